The SMILES string of the molecule is CNS(=O)(=O)N1CC2(C)CN(Cc3ccccc3)CC2(C)C1. The first-order valence-corrected chi connectivity index (χ1v) is 9.17. The molecule has 2 heterocycles. The van der Waals surface area contributed by atoms with Gasteiger partial charge in [0.05, 0.1) is 0 Å². The number of nitrogens with zero attached hydrogens (tertiary/aromatic N) is 2. The fourth-order valence-corrected chi connectivity index (χ4v) is 5.16. The van der Waals surface area contributed by atoms with E-state index in [9.17, 15) is 8.42 Å². The number of benzene rings is 1. The summed E-state index contributed by atoms with van der Waals surface area (Å²) in [6, 6.07) is 10.5. The van der Waals surface area contributed by atoms with Crippen LogP contribution in [0.3, 0.4) is 0 Å². The van der Waals surface area contributed by atoms with Crippen LogP contribution in [0.15, 0.2) is 30.3 Å². The Morgan fingerprint density at radius 2 is 1.59 bits per heavy atom. The molecule has 2 aliphatic rings. The summed E-state index contributed by atoms with van der Waals surface area (Å²) in [6.45, 7) is 8.45. The van der Waals surface area contributed by atoms with Gasteiger partial charge in [0.25, 0.3) is 10.2 Å². The summed E-state index contributed by atoms with van der Waals surface area (Å²) in [5.74, 6) is 0. The maximum absolute atomic E-state index is 12.1. The Morgan fingerprint density at radius 1 is 1.05 bits per heavy atom. The molecule has 0 aromatic heterocycles. The second-order valence-electron chi connectivity index (χ2n) is 7.23. The molecule has 6 heteroatoms. The van der Waals surface area contributed by atoms with Crippen LogP contribution in [0, 0.1) is 10.8 Å². The average molecular weight is 323 g/mol. The van der Waals surface area contributed by atoms with E-state index in [4.69, 9.17) is 0 Å². The van der Waals surface area contributed by atoms with Crippen molar-refractivity contribution in [1.82, 2.24) is 13.9 Å². The summed E-state index contributed by atoms with van der Waals surface area (Å²) in [5, 5.41) is 0. The predicted octanol–water partition coefficient (Wildman–Crippen LogP) is 1.29. The molecular formula is C16H25N3O2S. The van der Waals surface area contributed by atoms with Crippen molar-refractivity contribution < 1.29 is 8.42 Å². The van der Waals surface area contributed by atoms with Gasteiger partial charge in [-0.3, -0.25) is 4.90 Å². The molecule has 22 heavy (non-hydrogen) atoms. The smallest absolute Gasteiger partial charge is 0.279 e. The lowest BCUT2D eigenvalue weighted by molar-refractivity contribution is 0.212. The van der Waals surface area contributed by atoms with Crippen molar-refractivity contribution in [1.29, 1.82) is 0 Å². The lowest BCUT2D eigenvalue weighted by atomic mass is 9.71. The average Bonchev–Trinajstić information content (AvgIpc) is 2.84. The molecule has 2 fully saturated rings. The summed E-state index contributed by atoms with van der Waals surface area (Å²) in [7, 11) is -1.85. The zero-order chi connectivity index (χ0) is 16.0. The molecule has 1 aromatic carbocycles. The Labute approximate surface area is 133 Å². The van der Waals surface area contributed by atoms with Crippen molar-refractivity contribution in [2.24, 2.45) is 10.8 Å². The Morgan fingerprint density at radius 3 is 2.09 bits per heavy atom. The van der Waals surface area contributed by atoms with E-state index >= 15 is 0 Å². The van der Waals surface area contributed by atoms with Gasteiger partial charge in [0.2, 0.25) is 0 Å². The second kappa shape index (κ2) is 5.30. The van der Waals surface area contributed by atoms with Crippen LogP contribution in [0.2, 0.25) is 0 Å². The van der Waals surface area contributed by atoms with Gasteiger partial charge < -0.3 is 0 Å². The molecule has 0 bridgehead atoms. The molecule has 0 amide bonds. The molecule has 1 aromatic rings. The van der Waals surface area contributed by atoms with Crippen LogP contribution in [-0.4, -0.2) is 50.8 Å². The van der Waals surface area contributed by atoms with E-state index in [1.807, 2.05) is 6.07 Å². The van der Waals surface area contributed by atoms with Crippen molar-refractivity contribution >= 4 is 10.2 Å². The van der Waals surface area contributed by atoms with Gasteiger partial charge in [-0.15, -0.1) is 0 Å². The number of likely N-dealkylation sites (tertiary alicyclic amines) is 1. The minimum atomic E-state index is -3.33. The topological polar surface area (TPSA) is 52.7 Å². The van der Waals surface area contributed by atoms with Gasteiger partial charge in [-0.25, -0.2) is 4.72 Å². The van der Waals surface area contributed by atoms with E-state index in [0.717, 1.165) is 19.6 Å². The van der Waals surface area contributed by atoms with Crippen molar-refractivity contribution in [2.45, 2.75) is 20.4 Å². The maximum Gasteiger partial charge on any atom is 0.279 e. The van der Waals surface area contributed by atoms with Crippen LogP contribution in [0.5, 0.6) is 0 Å². The molecule has 0 radical (unpaired) electrons. The molecule has 2 atom stereocenters. The molecule has 0 spiro atoms. The molecule has 1 N–H and O–H groups in total. The van der Waals surface area contributed by atoms with Crippen molar-refractivity contribution in [3.8, 4) is 0 Å². The summed E-state index contributed by atoms with van der Waals surface area (Å²) in [5.41, 5.74) is 1.33. The minimum absolute atomic E-state index is 0.00566. The first kappa shape index (κ1) is 15.9. The summed E-state index contributed by atoms with van der Waals surface area (Å²) in [4.78, 5) is 2.46. The van der Waals surface area contributed by atoms with E-state index in [1.165, 1.54) is 12.6 Å². The zero-order valence-corrected chi connectivity index (χ0v) is 14.4. The highest BCUT2D eigenvalue weighted by atomic mass is 32.2. The van der Waals surface area contributed by atoms with E-state index in [1.54, 1.807) is 4.31 Å². The van der Waals surface area contributed by atoms with Crippen LogP contribution in [0.25, 0.3) is 0 Å². The van der Waals surface area contributed by atoms with Crippen LogP contribution in [-0.2, 0) is 16.8 Å². The van der Waals surface area contributed by atoms with Gasteiger partial charge in [-0.05, 0) is 5.56 Å². The number of hydrogen-bond donors (Lipinski definition) is 1. The number of fused-ring (bicyclic) bond motifs is 1. The second-order valence-corrected chi connectivity index (χ2v) is 9.10. The van der Waals surface area contributed by atoms with Crippen LogP contribution in [0.1, 0.15) is 19.4 Å². The third-order valence-electron chi connectivity index (χ3n) is 5.50. The number of rotatable bonds is 4. The first-order chi connectivity index (χ1) is 10.3. The van der Waals surface area contributed by atoms with Gasteiger partial charge in [0.15, 0.2) is 0 Å². The van der Waals surface area contributed by atoms with Crippen LogP contribution in [0.4, 0.5) is 0 Å². The monoisotopic (exact) mass is 323 g/mol. The first-order valence-electron chi connectivity index (χ1n) is 7.73. The largest absolute Gasteiger partial charge is 0.298 e. The van der Waals surface area contributed by atoms with Gasteiger partial charge in [0, 0.05) is 50.6 Å². The molecule has 5 nitrogen and oxygen atoms in total. The molecule has 2 unspecified atom stereocenters. The van der Waals surface area contributed by atoms with Crippen molar-refractivity contribution in [2.75, 3.05) is 33.2 Å². The maximum atomic E-state index is 12.1. The summed E-state index contributed by atoms with van der Waals surface area (Å²) >= 11 is 0. The van der Waals surface area contributed by atoms with Crippen molar-refractivity contribution in [3.05, 3.63) is 35.9 Å². The molecule has 122 valence electrons. The Bertz CT molecular complexity index is 629. The molecule has 2 aliphatic heterocycles. The quantitative estimate of drug-likeness (QED) is 0.908. The summed E-state index contributed by atoms with van der Waals surface area (Å²) < 4.78 is 28.2. The van der Waals surface area contributed by atoms with E-state index in [-0.39, 0.29) is 10.8 Å². The fourth-order valence-electron chi connectivity index (χ4n) is 3.99. The lowest BCUT2D eigenvalue weighted by Crippen LogP contribution is -2.40. The standard InChI is InChI=1S/C16H25N3O2S/c1-15-10-18(9-14-7-5-4-6-8-14)11-16(15,2)13-19(12-15)22(20,21)17-3/h4-8,17H,9-13H2,1-3H3. The number of nitrogens with one attached hydrogen (secondary N) is 1. The van der Waals surface area contributed by atoms with Gasteiger partial charge in [-0.2, -0.15) is 12.7 Å². The van der Waals surface area contributed by atoms with E-state index < -0.39 is 10.2 Å². The predicted molar refractivity (Wildman–Crippen MR) is 87.5 cm³/mol. The zero-order valence-electron chi connectivity index (χ0n) is 13.5. The van der Waals surface area contributed by atoms with E-state index in [0.29, 0.717) is 13.1 Å². The van der Waals surface area contributed by atoms with Crippen LogP contribution < -0.4 is 4.72 Å². The molecule has 0 aliphatic carbocycles. The van der Waals surface area contributed by atoms with Gasteiger partial charge in [-0.1, -0.05) is 44.2 Å². The highest BCUT2D eigenvalue weighted by Gasteiger charge is 2.59. The molecular weight excluding hydrogens is 298 g/mol. The highest BCUT2D eigenvalue weighted by molar-refractivity contribution is 7.87. The Balaban J connectivity index is 1.75. The number of hydrogen-bond acceptors (Lipinski definition) is 3. The third-order valence-corrected chi connectivity index (χ3v) is 6.95. The van der Waals surface area contributed by atoms with Gasteiger partial charge >= 0.3 is 0 Å². The van der Waals surface area contributed by atoms with Crippen LogP contribution >= 0.6 is 0 Å². The minimum Gasteiger partial charge on any atom is -0.298 e. The normalized spacial score (nSPS) is 33.2. The Hall–Kier alpha value is -0.950. The highest BCUT2D eigenvalue weighted by Crippen LogP contribution is 2.52. The lowest BCUT2D eigenvalue weighted by Gasteiger charge is -2.30. The molecule has 2 saturated heterocycles. The van der Waals surface area contributed by atoms with Gasteiger partial charge in [0.1, 0.15) is 0 Å². The molecule has 3 rings (SSSR count). The van der Waals surface area contributed by atoms with E-state index in [2.05, 4.69) is 47.7 Å². The Kier molecular flexibility index (Phi) is 3.84. The molecule has 0 saturated carbocycles. The summed E-state index contributed by atoms with van der Waals surface area (Å²) in [6.07, 6.45) is 0. The third kappa shape index (κ3) is 2.58. The van der Waals surface area contributed by atoms with Crippen molar-refractivity contribution in [3.63, 3.8) is 0 Å². The fraction of sp³-hybridized carbons (Fsp3) is 0.625.